The van der Waals surface area contributed by atoms with Gasteiger partial charge in [0.2, 0.25) is 11.0 Å². The second-order valence-electron chi connectivity index (χ2n) is 4.98. The zero-order valence-electron chi connectivity index (χ0n) is 13.3. The number of carbonyl (C=O) groups excluding carboxylic acids is 1. The Morgan fingerprint density at radius 2 is 2.17 bits per heavy atom. The lowest BCUT2D eigenvalue weighted by Crippen LogP contribution is -2.28. The molecule has 1 heterocycles. The molecule has 1 unspecified atom stereocenters. The van der Waals surface area contributed by atoms with Crippen LogP contribution in [-0.4, -0.2) is 36.8 Å². The Labute approximate surface area is 146 Å². The van der Waals surface area contributed by atoms with Crippen molar-refractivity contribution in [3.8, 4) is 5.75 Å². The van der Waals surface area contributed by atoms with Crippen LogP contribution in [0.25, 0.3) is 0 Å². The molecule has 2 rings (SSSR count). The molecule has 0 radical (unpaired) electrons. The number of ether oxygens (including phenoxy) is 1. The van der Waals surface area contributed by atoms with Crippen LogP contribution >= 0.6 is 23.7 Å². The van der Waals surface area contributed by atoms with Gasteiger partial charge in [-0.3, -0.25) is 4.79 Å². The molecule has 1 atom stereocenters. The van der Waals surface area contributed by atoms with E-state index in [0.717, 1.165) is 16.3 Å². The van der Waals surface area contributed by atoms with Crippen LogP contribution in [0.2, 0.25) is 0 Å². The normalized spacial score (nSPS) is 11.4. The van der Waals surface area contributed by atoms with Crippen LogP contribution in [0.3, 0.4) is 0 Å². The third-order valence-electron chi connectivity index (χ3n) is 3.14. The molecular weight excluding hydrogens is 336 g/mol. The van der Waals surface area contributed by atoms with E-state index >= 15 is 0 Å². The summed E-state index contributed by atoms with van der Waals surface area (Å²) in [6, 6.07) is 7.82. The van der Waals surface area contributed by atoms with Crippen molar-refractivity contribution in [3.05, 3.63) is 34.8 Å². The standard InChI is InChI=1S/C15H20N4O2S.ClH/c1-10(9-16-2)14(20)17-15-19-18-13(22-15)8-11-5-4-6-12(7-11)21-3;/h4-7,10,16H,8-9H2,1-3H3,(H,17,19,20);1H. The molecule has 2 N–H and O–H groups in total. The molecule has 6 nitrogen and oxygen atoms in total. The lowest BCUT2D eigenvalue weighted by molar-refractivity contribution is -0.119. The van der Waals surface area contributed by atoms with E-state index in [9.17, 15) is 4.79 Å². The minimum Gasteiger partial charge on any atom is -0.497 e. The van der Waals surface area contributed by atoms with Gasteiger partial charge >= 0.3 is 0 Å². The third kappa shape index (κ3) is 5.78. The summed E-state index contributed by atoms with van der Waals surface area (Å²) in [5, 5.41) is 15.3. The molecule has 0 spiro atoms. The van der Waals surface area contributed by atoms with Crippen molar-refractivity contribution >= 4 is 34.8 Å². The van der Waals surface area contributed by atoms with Crippen molar-refractivity contribution < 1.29 is 9.53 Å². The van der Waals surface area contributed by atoms with Crippen molar-refractivity contribution in [2.45, 2.75) is 13.3 Å². The SMILES string of the molecule is CNCC(C)C(=O)Nc1nnc(Cc2cccc(OC)c2)s1.Cl. The van der Waals surface area contributed by atoms with Crippen molar-refractivity contribution in [1.82, 2.24) is 15.5 Å². The zero-order valence-corrected chi connectivity index (χ0v) is 15.0. The van der Waals surface area contributed by atoms with Gasteiger partial charge in [0, 0.05) is 18.9 Å². The van der Waals surface area contributed by atoms with E-state index in [1.807, 2.05) is 38.2 Å². The van der Waals surface area contributed by atoms with Crippen LogP contribution in [0.5, 0.6) is 5.75 Å². The van der Waals surface area contributed by atoms with Gasteiger partial charge in [-0.25, -0.2) is 0 Å². The Kier molecular flexibility index (Phi) is 7.94. The summed E-state index contributed by atoms with van der Waals surface area (Å²) in [4.78, 5) is 11.9. The number of benzene rings is 1. The van der Waals surface area contributed by atoms with Gasteiger partial charge in [0.15, 0.2) is 0 Å². The first-order chi connectivity index (χ1) is 10.6. The molecule has 1 aromatic carbocycles. The Hall–Kier alpha value is -1.70. The first-order valence-corrected chi connectivity index (χ1v) is 7.84. The maximum absolute atomic E-state index is 11.9. The molecule has 0 saturated carbocycles. The van der Waals surface area contributed by atoms with Crippen LogP contribution in [0, 0.1) is 5.92 Å². The highest BCUT2D eigenvalue weighted by molar-refractivity contribution is 7.15. The fourth-order valence-corrected chi connectivity index (χ4v) is 2.74. The van der Waals surface area contributed by atoms with Crippen LogP contribution in [-0.2, 0) is 11.2 Å². The van der Waals surface area contributed by atoms with E-state index in [-0.39, 0.29) is 24.2 Å². The quantitative estimate of drug-likeness (QED) is 0.796. The Morgan fingerprint density at radius 3 is 2.87 bits per heavy atom. The zero-order chi connectivity index (χ0) is 15.9. The van der Waals surface area contributed by atoms with Crippen LogP contribution in [0.4, 0.5) is 5.13 Å². The second-order valence-corrected chi connectivity index (χ2v) is 6.04. The molecule has 1 aromatic heterocycles. The number of nitrogens with one attached hydrogen (secondary N) is 2. The van der Waals surface area contributed by atoms with Gasteiger partial charge in [-0.1, -0.05) is 30.4 Å². The first-order valence-electron chi connectivity index (χ1n) is 7.03. The predicted molar refractivity (Wildman–Crippen MR) is 94.7 cm³/mol. The summed E-state index contributed by atoms with van der Waals surface area (Å²) in [5.41, 5.74) is 1.09. The predicted octanol–water partition coefficient (Wildman–Crippen LogP) is 2.35. The number of methoxy groups -OCH3 is 1. The minimum absolute atomic E-state index is 0. The number of anilines is 1. The van der Waals surface area contributed by atoms with Gasteiger partial charge in [-0.05, 0) is 24.7 Å². The summed E-state index contributed by atoms with van der Waals surface area (Å²) in [6.07, 6.45) is 0.663. The maximum atomic E-state index is 11.9. The first kappa shape index (κ1) is 19.3. The van der Waals surface area contributed by atoms with Crippen molar-refractivity contribution in [2.24, 2.45) is 5.92 Å². The Morgan fingerprint density at radius 1 is 1.39 bits per heavy atom. The van der Waals surface area contributed by atoms with Gasteiger partial charge < -0.3 is 15.4 Å². The van der Waals surface area contributed by atoms with E-state index in [2.05, 4.69) is 20.8 Å². The van der Waals surface area contributed by atoms with Gasteiger partial charge in [-0.15, -0.1) is 22.6 Å². The highest BCUT2D eigenvalue weighted by Gasteiger charge is 2.14. The minimum atomic E-state index is -0.115. The van der Waals surface area contributed by atoms with Crippen LogP contribution in [0.15, 0.2) is 24.3 Å². The number of carbonyl (C=O) groups is 1. The van der Waals surface area contributed by atoms with E-state index < -0.39 is 0 Å². The number of halogens is 1. The van der Waals surface area contributed by atoms with Crippen molar-refractivity contribution in [1.29, 1.82) is 0 Å². The highest BCUT2D eigenvalue weighted by Crippen LogP contribution is 2.21. The molecule has 0 bridgehead atoms. The molecule has 0 aliphatic carbocycles. The number of amides is 1. The summed E-state index contributed by atoms with van der Waals surface area (Å²) in [7, 11) is 3.46. The smallest absolute Gasteiger partial charge is 0.230 e. The molecule has 8 heteroatoms. The number of hydrogen-bond acceptors (Lipinski definition) is 6. The molecule has 23 heavy (non-hydrogen) atoms. The molecule has 0 saturated heterocycles. The van der Waals surface area contributed by atoms with Crippen LogP contribution in [0.1, 0.15) is 17.5 Å². The molecule has 1 amide bonds. The molecule has 126 valence electrons. The fraction of sp³-hybridized carbons (Fsp3) is 0.400. The van der Waals surface area contributed by atoms with Gasteiger partial charge in [0.1, 0.15) is 10.8 Å². The average molecular weight is 357 g/mol. The lowest BCUT2D eigenvalue weighted by Gasteiger charge is -2.08. The summed E-state index contributed by atoms with van der Waals surface area (Å²) in [5.74, 6) is 0.644. The summed E-state index contributed by atoms with van der Waals surface area (Å²) in [6.45, 7) is 2.49. The molecule has 0 aliphatic rings. The summed E-state index contributed by atoms with van der Waals surface area (Å²) >= 11 is 1.39. The Balaban J connectivity index is 0.00000264. The molecule has 0 fully saturated rings. The van der Waals surface area contributed by atoms with Crippen molar-refractivity contribution in [2.75, 3.05) is 26.0 Å². The maximum Gasteiger partial charge on any atom is 0.230 e. The monoisotopic (exact) mass is 356 g/mol. The summed E-state index contributed by atoms with van der Waals surface area (Å²) < 4.78 is 5.20. The van der Waals surface area contributed by atoms with E-state index in [1.54, 1.807) is 7.11 Å². The van der Waals surface area contributed by atoms with E-state index in [1.165, 1.54) is 11.3 Å². The van der Waals surface area contributed by atoms with E-state index in [4.69, 9.17) is 4.74 Å². The van der Waals surface area contributed by atoms with Crippen LogP contribution < -0.4 is 15.4 Å². The van der Waals surface area contributed by atoms with Gasteiger partial charge in [0.05, 0.1) is 7.11 Å². The highest BCUT2D eigenvalue weighted by atomic mass is 35.5. The molecule has 2 aromatic rings. The number of rotatable bonds is 7. The number of aromatic nitrogens is 2. The van der Waals surface area contributed by atoms with Gasteiger partial charge in [-0.2, -0.15) is 0 Å². The molecular formula is C15H21ClN4O2S. The number of hydrogen-bond donors (Lipinski definition) is 2. The second kappa shape index (κ2) is 9.44. The Bertz CT molecular complexity index is 635. The van der Waals surface area contributed by atoms with Gasteiger partial charge in [0.25, 0.3) is 0 Å². The lowest BCUT2D eigenvalue weighted by atomic mass is 10.1. The topological polar surface area (TPSA) is 76.1 Å². The van der Waals surface area contributed by atoms with Crippen molar-refractivity contribution in [3.63, 3.8) is 0 Å². The largest absolute Gasteiger partial charge is 0.497 e. The number of nitrogens with zero attached hydrogens (tertiary/aromatic N) is 2. The molecule has 0 aliphatic heterocycles. The average Bonchev–Trinajstić information content (AvgIpc) is 2.94. The fourth-order valence-electron chi connectivity index (χ4n) is 1.96. The van der Waals surface area contributed by atoms with E-state index in [0.29, 0.717) is 18.1 Å². The third-order valence-corrected chi connectivity index (χ3v) is 3.98.